The fraction of sp³-hybridized carbons (Fsp3) is 0.471. The van der Waals surface area contributed by atoms with Crippen molar-refractivity contribution in [2.24, 2.45) is 0 Å². The van der Waals surface area contributed by atoms with Crippen LogP contribution in [0, 0.1) is 0 Å². The Kier molecular flexibility index (Phi) is 5.36. The normalized spacial score (nSPS) is 14.6. The Hall–Kier alpha value is -2.37. The van der Waals surface area contributed by atoms with E-state index in [9.17, 15) is 14.4 Å². The van der Waals surface area contributed by atoms with Gasteiger partial charge in [0.1, 0.15) is 5.75 Å². The van der Waals surface area contributed by atoms with Gasteiger partial charge in [-0.15, -0.1) is 0 Å². The minimum absolute atomic E-state index is 0.0371. The Morgan fingerprint density at radius 3 is 2.78 bits per heavy atom. The maximum Gasteiger partial charge on any atom is 0.254 e. The molecule has 1 aliphatic heterocycles. The molecule has 1 aliphatic rings. The zero-order valence-corrected chi connectivity index (χ0v) is 13.7. The van der Waals surface area contributed by atoms with Crippen molar-refractivity contribution in [3.8, 4) is 5.75 Å². The molecule has 124 valence electrons. The predicted octanol–water partition coefficient (Wildman–Crippen LogP) is 1.87. The van der Waals surface area contributed by atoms with Gasteiger partial charge < -0.3 is 9.64 Å². The van der Waals surface area contributed by atoms with E-state index >= 15 is 0 Å². The monoisotopic (exact) mass is 318 g/mol. The van der Waals surface area contributed by atoms with Crippen LogP contribution in [-0.2, 0) is 16.1 Å². The number of fused-ring (bicyclic) bond motifs is 1. The van der Waals surface area contributed by atoms with Crippen molar-refractivity contribution in [1.29, 1.82) is 0 Å². The molecule has 1 unspecified atom stereocenters. The molecule has 0 saturated carbocycles. The van der Waals surface area contributed by atoms with Crippen LogP contribution in [-0.4, -0.2) is 35.3 Å². The first kappa shape index (κ1) is 17.0. The zero-order chi connectivity index (χ0) is 17.0. The standard InChI is InChI=1S/C17H22N2O4/c1-11(2)23-15-6-4-5-13-14(15)9-19(17(13)22)12(3)7-8-16(21)18-10-20/h4-6,10-12H,7-9H2,1-3H3,(H,18,20,21). The van der Waals surface area contributed by atoms with Gasteiger partial charge in [0.15, 0.2) is 0 Å². The Balaban J connectivity index is 2.08. The molecule has 6 heteroatoms. The van der Waals surface area contributed by atoms with E-state index < -0.39 is 0 Å². The highest BCUT2D eigenvalue weighted by Gasteiger charge is 2.33. The Bertz CT molecular complexity index is 613. The molecule has 0 aromatic heterocycles. The highest BCUT2D eigenvalue weighted by molar-refractivity contribution is 5.99. The van der Waals surface area contributed by atoms with Crippen molar-refractivity contribution in [1.82, 2.24) is 10.2 Å². The number of nitrogens with zero attached hydrogens (tertiary/aromatic N) is 1. The highest BCUT2D eigenvalue weighted by Crippen LogP contribution is 2.33. The Morgan fingerprint density at radius 1 is 1.39 bits per heavy atom. The van der Waals surface area contributed by atoms with Gasteiger partial charge in [0, 0.05) is 23.6 Å². The predicted molar refractivity (Wildman–Crippen MR) is 85.0 cm³/mol. The molecule has 1 aromatic rings. The van der Waals surface area contributed by atoms with E-state index in [1.165, 1.54) is 0 Å². The van der Waals surface area contributed by atoms with Gasteiger partial charge >= 0.3 is 0 Å². The Morgan fingerprint density at radius 2 is 2.13 bits per heavy atom. The second-order valence-electron chi connectivity index (χ2n) is 5.95. The topological polar surface area (TPSA) is 75.7 Å². The number of rotatable bonds is 7. The van der Waals surface area contributed by atoms with Gasteiger partial charge in [0.05, 0.1) is 12.6 Å². The third kappa shape index (κ3) is 3.88. The summed E-state index contributed by atoms with van der Waals surface area (Å²) in [6, 6.07) is 5.40. The molecule has 0 bridgehead atoms. The van der Waals surface area contributed by atoms with Crippen molar-refractivity contribution < 1.29 is 19.1 Å². The van der Waals surface area contributed by atoms with Crippen molar-refractivity contribution >= 4 is 18.2 Å². The molecule has 0 fully saturated rings. The maximum absolute atomic E-state index is 12.6. The second-order valence-corrected chi connectivity index (χ2v) is 5.95. The second kappa shape index (κ2) is 7.26. The van der Waals surface area contributed by atoms with Crippen LogP contribution in [0.3, 0.4) is 0 Å². The highest BCUT2D eigenvalue weighted by atomic mass is 16.5. The molecule has 0 aliphatic carbocycles. The molecule has 1 atom stereocenters. The summed E-state index contributed by atoms with van der Waals surface area (Å²) < 4.78 is 5.78. The van der Waals surface area contributed by atoms with Crippen molar-refractivity contribution in [3.05, 3.63) is 29.3 Å². The number of hydrogen-bond donors (Lipinski definition) is 1. The summed E-state index contributed by atoms with van der Waals surface area (Å²) in [5.41, 5.74) is 1.56. The smallest absolute Gasteiger partial charge is 0.254 e. The van der Waals surface area contributed by atoms with Crippen molar-refractivity contribution in [3.63, 3.8) is 0 Å². The molecule has 1 N–H and O–H groups in total. The maximum atomic E-state index is 12.6. The summed E-state index contributed by atoms with van der Waals surface area (Å²) in [7, 11) is 0. The van der Waals surface area contributed by atoms with Crippen molar-refractivity contribution in [2.75, 3.05) is 0 Å². The van der Waals surface area contributed by atoms with Crippen LogP contribution < -0.4 is 10.1 Å². The van der Waals surface area contributed by atoms with E-state index in [2.05, 4.69) is 5.32 Å². The zero-order valence-electron chi connectivity index (χ0n) is 13.7. The molecule has 0 saturated heterocycles. The first-order chi connectivity index (χ1) is 10.9. The lowest BCUT2D eigenvalue weighted by Gasteiger charge is -2.24. The number of carbonyl (C=O) groups excluding carboxylic acids is 3. The summed E-state index contributed by atoms with van der Waals surface area (Å²) in [5, 5.41) is 2.11. The van der Waals surface area contributed by atoms with E-state index in [4.69, 9.17) is 4.74 Å². The van der Waals surface area contributed by atoms with Crippen LogP contribution in [0.1, 0.15) is 49.5 Å². The third-order valence-electron chi connectivity index (χ3n) is 3.86. The third-order valence-corrected chi connectivity index (χ3v) is 3.86. The molecule has 3 amide bonds. The average molecular weight is 318 g/mol. The number of imide groups is 1. The lowest BCUT2D eigenvalue weighted by Crippen LogP contribution is -2.34. The van der Waals surface area contributed by atoms with Gasteiger partial charge in [-0.1, -0.05) is 6.07 Å². The molecule has 1 heterocycles. The number of benzene rings is 1. The van der Waals surface area contributed by atoms with Crippen LogP contribution in [0.5, 0.6) is 5.75 Å². The minimum Gasteiger partial charge on any atom is -0.491 e. The molecule has 1 aromatic carbocycles. The fourth-order valence-corrected chi connectivity index (χ4v) is 2.68. The van der Waals surface area contributed by atoms with Crippen LogP contribution >= 0.6 is 0 Å². The van der Waals surface area contributed by atoms with E-state index in [0.717, 1.165) is 11.3 Å². The largest absolute Gasteiger partial charge is 0.491 e. The fourth-order valence-electron chi connectivity index (χ4n) is 2.68. The molecule has 0 spiro atoms. The summed E-state index contributed by atoms with van der Waals surface area (Å²) in [6.45, 7) is 6.28. The molecule has 23 heavy (non-hydrogen) atoms. The Labute approximate surface area is 135 Å². The average Bonchev–Trinajstić information content (AvgIpc) is 2.83. The summed E-state index contributed by atoms with van der Waals surface area (Å²) in [6.07, 6.45) is 1.12. The van der Waals surface area contributed by atoms with Gasteiger partial charge in [-0.25, -0.2) is 0 Å². The van der Waals surface area contributed by atoms with Crippen LogP contribution in [0.4, 0.5) is 0 Å². The molecule has 2 rings (SSSR count). The van der Waals surface area contributed by atoms with E-state index in [0.29, 0.717) is 24.9 Å². The van der Waals surface area contributed by atoms with Crippen molar-refractivity contribution in [2.45, 2.75) is 52.3 Å². The molecular weight excluding hydrogens is 296 g/mol. The number of carbonyl (C=O) groups is 3. The lowest BCUT2D eigenvalue weighted by atomic mass is 10.1. The molecular formula is C17H22N2O4. The first-order valence-corrected chi connectivity index (χ1v) is 7.76. The number of hydrogen-bond acceptors (Lipinski definition) is 4. The minimum atomic E-state index is -0.333. The first-order valence-electron chi connectivity index (χ1n) is 7.76. The van der Waals surface area contributed by atoms with Gasteiger partial charge in [-0.05, 0) is 39.3 Å². The SMILES string of the molecule is CC(C)Oc1cccc2c1CN(C(C)CCC(=O)NC=O)C2=O. The summed E-state index contributed by atoms with van der Waals surface area (Å²) >= 11 is 0. The van der Waals surface area contributed by atoms with E-state index in [1.807, 2.05) is 32.9 Å². The van der Waals surface area contributed by atoms with Crippen LogP contribution in [0.25, 0.3) is 0 Å². The van der Waals surface area contributed by atoms with Crippen LogP contribution in [0.15, 0.2) is 18.2 Å². The number of amides is 3. The van der Waals surface area contributed by atoms with E-state index in [-0.39, 0.29) is 30.4 Å². The van der Waals surface area contributed by atoms with Gasteiger partial charge in [-0.3, -0.25) is 19.7 Å². The number of ether oxygens (including phenoxy) is 1. The molecule has 0 radical (unpaired) electrons. The lowest BCUT2D eigenvalue weighted by molar-refractivity contribution is -0.125. The van der Waals surface area contributed by atoms with Gasteiger partial charge in [-0.2, -0.15) is 0 Å². The van der Waals surface area contributed by atoms with Gasteiger partial charge in [0.2, 0.25) is 12.3 Å². The molecule has 6 nitrogen and oxygen atoms in total. The summed E-state index contributed by atoms with van der Waals surface area (Å²) in [4.78, 5) is 35.9. The quantitative estimate of drug-likeness (QED) is 0.779. The van der Waals surface area contributed by atoms with Gasteiger partial charge in [0.25, 0.3) is 5.91 Å². The van der Waals surface area contributed by atoms with E-state index in [1.54, 1.807) is 11.0 Å². The summed E-state index contributed by atoms with van der Waals surface area (Å²) in [5.74, 6) is 0.358. The number of nitrogens with one attached hydrogen (secondary N) is 1. The van der Waals surface area contributed by atoms with Crippen LogP contribution in [0.2, 0.25) is 0 Å².